The molecule has 1 N–H and O–H groups in total. The molecule has 4 rings (SSSR count). The summed E-state index contributed by atoms with van der Waals surface area (Å²) in [6.45, 7) is 0.488. The zero-order valence-corrected chi connectivity index (χ0v) is 14.0. The summed E-state index contributed by atoms with van der Waals surface area (Å²) in [6, 6.07) is 6.34. The van der Waals surface area contributed by atoms with Crippen LogP contribution in [0.3, 0.4) is 0 Å². The Labute approximate surface area is 151 Å². The van der Waals surface area contributed by atoms with Crippen LogP contribution in [-0.2, 0) is 11.3 Å². The monoisotopic (exact) mass is 377 g/mol. The molecule has 0 fully saturated rings. The van der Waals surface area contributed by atoms with Crippen LogP contribution in [0, 0.1) is 0 Å². The van der Waals surface area contributed by atoms with Crippen LogP contribution in [0.1, 0.15) is 0 Å². The van der Waals surface area contributed by atoms with E-state index in [2.05, 4.69) is 10.4 Å². The number of hydrogen-bond acceptors (Lipinski definition) is 7. The minimum atomic E-state index is -0.778. The smallest absolute Gasteiger partial charge is 0.437 e. The fraction of sp³-hybridized carbons (Fsp3) is 0.188. The van der Waals surface area contributed by atoms with Crippen LogP contribution in [0.2, 0.25) is 5.02 Å². The van der Waals surface area contributed by atoms with Gasteiger partial charge in [0, 0.05) is 12.1 Å². The van der Waals surface area contributed by atoms with Crippen molar-refractivity contribution < 1.29 is 23.1 Å². The summed E-state index contributed by atoms with van der Waals surface area (Å²) in [7, 11) is 0. The molecule has 0 spiro atoms. The summed E-state index contributed by atoms with van der Waals surface area (Å²) in [5.74, 6) is -0.0178. The molecule has 0 saturated heterocycles. The van der Waals surface area contributed by atoms with Crippen molar-refractivity contribution in [2.75, 3.05) is 18.5 Å². The molecule has 9 nitrogen and oxygen atoms in total. The molecular weight excluding hydrogens is 366 g/mol. The van der Waals surface area contributed by atoms with Crippen molar-refractivity contribution in [2.45, 2.75) is 6.54 Å². The highest BCUT2D eigenvalue weighted by Crippen LogP contribution is 2.37. The highest BCUT2D eigenvalue weighted by Gasteiger charge is 2.18. The quantitative estimate of drug-likeness (QED) is 0.742. The lowest BCUT2D eigenvalue weighted by atomic mass is 10.2. The number of anilines is 1. The molecule has 1 amide bonds. The number of benzene rings is 1. The maximum atomic E-state index is 12.2. The third kappa shape index (κ3) is 3.16. The summed E-state index contributed by atoms with van der Waals surface area (Å²) < 4.78 is 21.8. The van der Waals surface area contributed by atoms with Gasteiger partial charge >= 0.3 is 5.76 Å². The average molecular weight is 378 g/mol. The lowest BCUT2D eigenvalue weighted by Gasteiger charge is -2.19. The first-order chi connectivity index (χ1) is 12.6. The first-order valence-corrected chi connectivity index (χ1v) is 7.99. The van der Waals surface area contributed by atoms with Gasteiger partial charge in [0.1, 0.15) is 19.8 Å². The van der Waals surface area contributed by atoms with Crippen LogP contribution in [0.15, 0.2) is 44.2 Å². The zero-order chi connectivity index (χ0) is 18.1. The Bertz CT molecular complexity index is 1010. The summed E-state index contributed by atoms with van der Waals surface area (Å²) >= 11 is 6.15. The molecule has 1 aliphatic rings. The number of carbonyl (C=O) groups excluding carboxylic acids is 1. The fourth-order valence-corrected chi connectivity index (χ4v) is 2.59. The standard InChI is InChI=1S/C16H12ClN3O6/c17-9-6-12-13(25-5-4-24-12)7-10(9)18-14(21)8-20-16(22)26-15(19-20)11-2-1-3-23-11/h1-3,6-7H,4-5,8H2,(H,18,21). The summed E-state index contributed by atoms with van der Waals surface area (Å²) in [5, 5.41) is 6.82. The van der Waals surface area contributed by atoms with Gasteiger partial charge < -0.3 is 23.6 Å². The van der Waals surface area contributed by atoms with Gasteiger partial charge in [-0.3, -0.25) is 4.79 Å². The first-order valence-electron chi connectivity index (χ1n) is 7.61. The van der Waals surface area contributed by atoms with Crippen molar-refractivity contribution in [2.24, 2.45) is 0 Å². The number of aromatic nitrogens is 2. The van der Waals surface area contributed by atoms with Gasteiger partial charge in [-0.2, -0.15) is 4.68 Å². The molecule has 0 bridgehead atoms. The molecule has 26 heavy (non-hydrogen) atoms. The third-order valence-corrected chi connectivity index (χ3v) is 3.85. The van der Waals surface area contributed by atoms with E-state index >= 15 is 0 Å². The van der Waals surface area contributed by atoms with Crippen molar-refractivity contribution in [1.29, 1.82) is 0 Å². The predicted octanol–water partition coefficient (Wildman–Crippen LogP) is 2.16. The minimum Gasteiger partial charge on any atom is -0.486 e. The Morgan fingerprint density at radius 2 is 2.04 bits per heavy atom. The van der Waals surface area contributed by atoms with Gasteiger partial charge in [-0.15, -0.1) is 5.10 Å². The van der Waals surface area contributed by atoms with Crippen LogP contribution in [0.4, 0.5) is 5.69 Å². The third-order valence-electron chi connectivity index (χ3n) is 3.54. The topological polar surface area (TPSA) is 109 Å². The molecule has 0 aliphatic carbocycles. The number of rotatable bonds is 4. The number of amides is 1. The van der Waals surface area contributed by atoms with E-state index in [4.69, 9.17) is 29.9 Å². The van der Waals surface area contributed by atoms with E-state index in [1.165, 1.54) is 6.26 Å². The number of hydrogen-bond donors (Lipinski definition) is 1. The largest absolute Gasteiger partial charge is 0.486 e. The van der Waals surface area contributed by atoms with E-state index in [-0.39, 0.29) is 23.2 Å². The molecule has 0 unspecified atom stereocenters. The Kier molecular flexibility index (Phi) is 4.13. The Morgan fingerprint density at radius 3 is 2.77 bits per heavy atom. The highest BCUT2D eigenvalue weighted by atomic mass is 35.5. The van der Waals surface area contributed by atoms with Crippen LogP contribution in [0.5, 0.6) is 11.5 Å². The van der Waals surface area contributed by atoms with E-state index in [0.29, 0.717) is 30.4 Å². The van der Waals surface area contributed by atoms with E-state index in [1.54, 1.807) is 24.3 Å². The zero-order valence-electron chi connectivity index (χ0n) is 13.2. The summed E-state index contributed by atoms with van der Waals surface area (Å²) in [6.07, 6.45) is 1.42. The average Bonchev–Trinajstić information content (AvgIpc) is 3.26. The molecule has 3 aromatic rings. The number of halogens is 1. The second kappa shape index (κ2) is 6.60. The molecule has 10 heteroatoms. The molecule has 2 aromatic heterocycles. The van der Waals surface area contributed by atoms with Gasteiger partial charge in [0.15, 0.2) is 17.3 Å². The summed E-state index contributed by atoms with van der Waals surface area (Å²) in [4.78, 5) is 24.1. The van der Waals surface area contributed by atoms with Crippen LogP contribution in [-0.4, -0.2) is 28.9 Å². The number of furan rings is 1. The normalized spacial score (nSPS) is 12.8. The van der Waals surface area contributed by atoms with E-state index < -0.39 is 11.7 Å². The number of ether oxygens (including phenoxy) is 2. The first kappa shape index (κ1) is 16.3. The van der Waals surface area contributed by atoms with Crippen molar-refractivity contribution in [3.8, 4) is 23.1 Å². The minimum absolute atomic E-state index is 0.00911. The lowest BCUT2D eigenvalue weighted by Crippen LogP contribution is -2.26. The number of nitrogens with zero attached hydrogens (tertiary/aromatic N) is 2. The molecule has 1 aromatic carbocycles. The highest BCUT2D eigenvalue weighted by molar-refractivity contribution is 6.34. The molecule has 0 atom stereocenters. The van der Waals surface area contributed by atoms with Gasteiger partial charge in [-0.25, -0.2) is 4.79 Å². The maximum absolute atomic E-state index is 12.2. The van der Waals surface area contributed by atoms with Crippen molar-refractivity contribution in [1.82, 2.24) is 9.78 Å². The number of nitrogens with one attached hydrogen (secondary N) is 1. The second-order valence-electron chi connectivity index (χ2n) is 5.33. The lowest BCUT2D eigenvalue weighted by molar-refractivity contribution is -0.117. The molecule has 1 aliphatic heterocycles. The number of fused-ring (bicyclic) bond motifs is 1. The molecule has 0 radical (unpaired) electrons. The van der Waals surface area contributed by atoms with Gasteiger partial charge in [0.05, 0.1) is 17.0 Å². The fourth-order valence-electron chi connectivity index (χ4n) is 2.39. The SMILES string of the molecule is O=C(Cn1nc(-c2ccco2)oc1=O)Nc1cc2c(cc1Cl)OCCO2. The van der Waals surface area contributed by atoms with E-state index in [1.807, 2.05) is 0 Å². The molecule has 134 valence electrons. The Morgan fingerprint density at radius 1 is 1.27 bits per heavy atom. The van der Waals surface area contributed by atoms with Gasteiger partial charge in [-0.05, 0) is 12.1 Å². The van der Waals surface area contributed by atoms with Crippen molar-refractivity contribution in [3.63, 3.8) is 0 Å². The van der Waals surface area contributed by atoms with E-state index in [9.17, 15) is 9.59 Å². The predicted molar refractivity (Wildman–Crippen MR) is 89.5 cm³/mol. The van der Waals surface area contributed by atoms with Crippen LogP contribution < -0.4 is 20.5 Å². The van der Waals surface area contributed by atoms with Crippen molar-refractivity contribution in [3.05, 3.63) is 46.1 Å². The molecular formula is C16H12ClN3O6. The Balaban J connectivity index is 1.50. The van der Waals surface area contributed by atoms with Crippen molar-refractivity contribution >= 4 is 23.2 Å². The van der Waals surface area contributed by atoms with Gasteiger partial charge in [0.2, 0.25) is 5.91 Å². The summed E-state index contributed by atoms with van der Waals surface area (Å²) in [5.41, 5.74) is 0.337. The van der Waals surface area contributed by atoms with E-state index in [0.717, 1.165) is 4.68 Å². The second-order valence-corrected chi connectivity index (χ2v) is 5.74. The van der Waals surface area contributed by atoms with Gasteiger partial charge in [0.25, 0.3) is 5.89 Å². The van der Waals surface area contributed by atoms with Crippen LogP contribution >= 0.6 is 11.6 Å². The Hall–Kier alpha value is -3.20. The number of carbonyl (C=O) groups is 1. The van der Waals surface area contributed by atoms with Gasteiger partial charge in [-0.1, -0.05) is 11.6 Å². The van der Waals surface area contributed by atoms with Crippen LogP contribution in [0.25, 0.3) is 11.7 Å². The molecule has 0 saturated carbocycles. The molecule has 3 heterocycles. The maximum Gasteiger partial charge on any atom is 0.437 e.